The highest BCUT2D eigenvalue weighted by Crippen LogP contribution is 2.42. The van der Waals surface area contributed by atoms with Crippen molar-refractivity contribution >= 4 is 17.3 Å². The molecule has 1 aliphatic carbocycles. The van der Waals surface area contributed by atoms with Crippen molar-refractivity contribution in [2.75, 3.05) is 7.11 Å². The minimum Gasteiger partial charge on any atom is -0.497 e. The molecule has 3 heterocycles. The van der Waals surface area contributed by atoms with Gasteiger partial charge in [-0.1, -0.05) is 37.5 Å². The Hall–Kier alpha value is -2.86. The fourth-order valence-corrected chi connectivity index (χ4v) is 5.48. The Morgan fingerprint density at radius 3 is 2.56 bits per heavy atom. The molecule has 2 fully saturated rings. The average molecular weight is 447 g/mol. The fraction of sp³-hybridized carbons (Fsp3) is 0.385. The molecule has 1 N–H and O–H groups in total. The molecule has 6 heteroatoms. The van der Waals surface area contributed by atoms with Crippen LogP contribution in [0, 0.1) is 0 Å². The van der Waals surface area contributed by atoms with Crippen LogP contribution in [0.2, 0.25) is 0 Å². The zero-order valence-electron chi connectivity index (χ0n) is 18.5. The van der Waals surface area contributed by atoms with Gasteiger partial charge in [0.15, 0.2) is 5.11 Å². The second-order valence-electron chi connectivity index (χ2n) is 8.73. The van der Waals surface area contributed by atoms with Gasteiger partial charge in [0, 0.05) is 30.7 Å². The summed E-state index contributed by atoms with van der Waals surface area (Å²) >= 11 is 5.87. The molecule has 0 bridgehead atoms. The van der Waals surface area contributed by atoms with Gasteiger partial charge in [-0.2, -0.15) is 0 Å². The van der Waals surface area contributed by atoms with Crippen LogP contribution in [-0.2, 0) is 6.54 Å². The van der Waals surface area contributed by atoms with Gasteiger partial charge < -0.3 is 19.5 Å². The number of hydrogen-bond donors (Lipinski definition) is 1. The van der Waals surface area contributed by atoms with Gasteiger partial charge >= 0.3 is 0 Å². The SMILES string of the molecule is COc1ccc(CN2C(=S)N[C@@H](c3ccccn3)[C@H]2c2cccn2C2CCCCC2)cc1. The molecular formula is C26H30N4OS. The molecule has 1 saturated carbocycles. The standard InChI is InChI=1S/C26H30N4OS/c1-31-21-14-12-19(13-15-21)18-30-25(24(28-26(30)32)22-10-5-6-16-27-22)23-11-7-17-29(23)20-8-3-2-4-9-20/h5-7,10-17,20,24-25H,2-4,8-9,18H2,1H3,(H,28,32)/t24-,25+/m0/s1. The van der Waals surface area contributed by atoms with E-state index in [1.54, 1.807) is 7.11 Å². The first kappa shape index (κ1) is 21.0. The summed E-state index contributed by atoms with van der Waals surface area (Å²) in [6, 6.07) is 19.5. The van der Waals surface area contributed by atoms with Crippen molar-refractivity contribution in [2.45, 2.75) is 56.8 Å². The van der Waals surface area contributed by atoms with Gasteiger partial charge in [0.25, 0.3) is 0 Å². The van der Waals surface area contributed by atoms with Gasteiger partial charge in [0.05, 0.1) is 24.9 Å². The first-order chi connectivity index (χ1) is 15.7. The van der Waals surface area contributed by atoms with Gasteiger partial charge in [-0.25, -0.2) is 0 Å². The molecule has 32 heavy (non-hydrogen) atoms. The Bertz CT molecular complexity index is 1040. The third-order valence-corrected chi connectivity index (χ3v) is 7.15. The number of pyridine rings is 1. The highest BCUT2D eigenvalue weighted by atomic mass is 32.1. The topological polar surface area (TPSA) is 42.3 Å². The molecule has 166 valence electrons. The molecule has 3 aromatic rings. The lowest BCUT2D eigenvalue weighted by Crippen LogP contribution is -2.30. The normalized spacial score (nSPS) is 21.5. The third-order valence-electron chi connectivity index (χ3n) is 6.79. The van der Waals surface area contributed by atoms with E-state index in [4.69, 9.17) is 17.0 Å². The molecule has 0 radical (unpaired) electrons. The Labute approximate surface area is 195 Å². The lowest BCUT2D eigenvalue weighted by molar-refractivity contribution is 0.275. The number of benzene rings is 1. The van der Waals surface area contributed by atoms with Crippen molar-refractivity contribution in [3.63, 3.8) is 0 Å². The zero-order chi connectivity index (χ0) is 21.9. The smallest absolute Gasteiger partial charge is 0.170 e. The number of methoxy groups -OCH3 is 1. The highest BCUT2D eigenvalue weighted by Gasteiger charge is 2.41. The molecular weight excluding hydrogens is 416 g/mol. The van der Waals surface area contributed by atoms with E-state index in [0.717, 1.165) is 23.1 Å². The molecule has 2 aliphatic rings. The van der Waals surface area contributed by atoms with Gasteiger partial charge in [0.2, 0.25) is 0 Å². The molecule has 5 nitrogen and oxygen atoms in total. The first-order valence-corrected chi connectivity index (χ1v) is 11.9. The summed E-state index contributed by atoms with van der Waals surface area (Å²) in [5, 5.41) is 4.36. The lowest BCUT2D eigenvalue weighted by atomic mass is 9.94. The van der Waals surface area contributed by atoms with E-state index in [2.05, 4.69) is 62.4 Å². The fourth-order valence-electron chi connectivity index (χ4n) is 5.17. The van der Waals surface area contributed by atoms with E-state index >= 15 is 0 Å². The maximum absolute atomic E-state index is 5.87. The zero-order valence-corrected chi connectivity index (χ0v) is 19.3. The minimum absolute atomic E-state index is 0.0131. The van der Waals surface area contributed by atoms with Crippen molar-refractivity contribution in [1.29, 1.82) is 0 Å². The van der Waals surface area contributed by atoms with Gasteiger partial charge in [-0.3, -0.25) is 4.98 Å². The minimum atomic E-state index is 0.0131. The predicted molar refractivity (Wildman–Crippen MR) is 131 cm³/mol. The van der Waals surface area contributed by atoms with Gasteiger partial charge in [-0.15, -0.1) is 0 Å². The Balaban J connectivity index is 1.52. The van der Waals surface area contributed by atoms with Gasteiger partial charge in [-0.05, 0) is 67.0 Å². The molecule has 1 saturated heterocycles. The average Bonchev–Trinajstić information content (AvgIpc) is 3.45. The van der Waals surface area contributed by atoms with E-state index in [1.807, 2.05) is 24.4 Å². The lowest BCUT2D eigenvalue weighted by Gasteiger charge is -2.32. The number of hydrogen-bond acceptors (Lipinski definition) is 3. The third kappa shape index (κ3) is 4.11. The van der Waals surface area contributed by atoms with Crippen LogP contribution in [0.5, 0.6) is 5.75 Å². The summed E-state index contributed by atoms with van der Waals surface area (Å²) < 4.78 is 7.85. The second kappa shape index (κ2) is 9.33. The quantitative estimate of drug-likeness (QED) is 0.502. The van der Waals surface area contributed by atoms with Gasteiger partial charge in [0.1, 0.15) is 5.75 Å². The second-order valence-corrected chi connectivity index (χ2v) is 9.12. The molecule has 0 unspecified atom stereocenters. The Morgan fingerprint density at radius 2 is 1.84 bits per heavy atom. The molecule has 0 amide bonds. The van der Waals surface area contributed by atoms with Crippen LogP contribution in [0.1, 0.15) is 67.2 Å². The summed E-state index contributed by atoms with van der Waals surface area (Å²) in [4.78, 5) is 7.01. The van der Waals surface area contributed by atoms with Crippen LogP contribution >= 0.6 is 12.2 Å². The molecule has 5 rings (SSSR count). The molecule has 2 aromatic heterocycles. The summed E-state index contributed by atoms with van der Waals surface area (Å²) in [6.45, 7) is 0.736. The van der Waals surface area contributed by atoms with E-state index in [0.29, 0.717) is 6.04 Å². The molecule has 1 aliphatic heterocycles. The predicted octanol–water partition coefficient (Wildman–Crippen LogP) is 5.57. The van der Waals surface area contributed by atoms with Crippen molar-refractivity contribution in [2.24, 2.45) is 0 Å². The van der Waals surface area contributed by atoms with Crippen LogP contribution in [0.25, 0.3) is 0 Å². The Morgan fingerprint density at radius 1 is 1.03 bits per heavy atom. The first-order valence-electron chi connectivity index (χ1n) is 11.5. The number of nitrogens with one attached hydrogen (secondary N) is 1. The summed E-state index contributed by atoms with van der Waals surface area (Å²) in [6.07, 6.45) is 10.6. The van der Waals surface area contributed by atoms with Crippen LogP contribution in [0.15, 0.2) is 67.0 Å². The Kier molecular flexibility index (Phi) is 6.12. The maximum Gasteiger partial charge on any atom is 0.170 e. The van der Waals surface area contributed by atoms with E-state index < -0.39 is 0 Å². The van der Waals surface area contributed by atoms with Crippen LogP contribution in [-0.4, -0.2) is 26.7 Å². The van der Waals surface area contributed by atoms with Crippen molar-refractivity contribution in [1.82, 2.24) is 19.8 Å². The molecule has 2 atom stereocenters. The van der Waals surface area contributed by atoms with E-state index in [9.17, 15) is 0 Å². The van der Waals surface area contributed by atoms with Crippen molar-refractivity contribution < 1.29 is 4.74 Å². The van der Waals surface area contributed by atoms with Crippen LogP contribution in [0.3, 0.4) is 0 Å². The largest absolute Gasteiger partial charge is 0.497 e. The number of nitrogens with zero attached hydrogens (tertiary/aromatic N) is 3. The van der Waals surface area contributed by atoms with Crippen LogP contribution in [0.4, 0.5) is 0 Å². The molecule has 0 spiro atoms. The van der Waals surface area contributed by atoms with Crippen molar-refractivity contribution in [3.8, 4) is 5.75 Å². The summed E-state index contributed by atoms with van der Waals surface area (Å²) in [5.74, 6) is 0.866. The monoisotopic (exact) mass is 446 g/mol. The highest BCUT2D eigenvalue weighted by molar-refractivity contribution is 7.80. The number of aromatic nitrogens is 2. The molecule has 1 aromatic carbocycles. The summed E-state index contributed by atoms with van der Waals surface area (Å²) in [5.41, 5.74) is 3.54. The maximum atomic E-state index is 5.87. The van der Waals surface area contributed by atoms with Crippen molar-refractivity contribution in [3.05, 3.63) is 83.9 Å². The van der Waals surface area contributed by atoms with Crippen LogP contribution < -0.4 is 10.1 Å². The number of thiocarbonyl (C=S) groups is 1. The summed E-state index contributed by atoms with van der Waals surface area (Å²) in [7, 11) is 1.70. The number of ether oxygens (including phenoxy) is 1. The number of rotatable bonds is 6. The van der Waals surface area contributed by atoms with E-state index in [1.165, 1.54) is 43.4 Å². The van der Waals surface area contributed by atoms with E-state index in [-0.39, 0.29) is 12.1 Å².